The molecule has 0 aliphatic heterocycles. The molecule has 5 rings (SSSR count). The molecule has 0 unspecified atom stereocenters. The van der Waals surface area contributed by atoms with Gasteiger partial charge in [-0.2, -0.15) is 5.10 Å². The first kappa shape index (κ1) is 19.4. The normalized spacial score (nSPS) is 14.8. The van der Waals surface area contributed by atoms with Gasteiger partial charge in [-0.1, -0.05) is 24.3 Å². The van der Waals surface area contributed by atoms with Crippen LogP contribution in [0.25, 0.3) is 0 Å². The van der Waals surface area contributed by atoms with Gasteiger partial charge >= 0.3 is 0 Å². The lowest BCUT2D eigenvalue weighted by Crippen LogP contribution is -2.17. The second kappa shape index (κ2) is 8.68. The maximum absolute atomic E-state index is 12.4. The van der Waals surface area contributed by atoms with Gasteiger partial charge in [0.2, 0.25) is 0 Å². The smallest absolute Gasteiger partial charge is 0.267 e. The van der Waals surface area contributed by atoms with E-state index < -0.39 is 0 Å². The van der Waals surface area contributed by atoms with Crippen LogP contribution >= 0.6 is 0 Å². The summed E-state index contributed by atoms with van der Waals surface area (Å²) in [5.74, 6) is -0.230. The molecule has 4 nitrogen and oxygen atoms in total. The molecule has 4 heteroatoms. The van der Waals surface area contributed by atoms with Crippen LogP contribution in [0, 0.1) is 0 Å². The van der Waals surface area contributed by atoms with Gasteiger partial charge in [0.15, 0.2) is 0 Å². The van der Waals surface area contributed by atoms with Gasteiger partial charge in [0.1, 0.15) is 0 Å². The van der Waals surface area contributed by atoms with Crippen LogP contribution in [-0.4, -0.2) is 18.3 Å². The maximum atomic E-state index is 12.4. The van der Waals surface area contributed by atoms with Crippen molar-refractivity contribution in [3.8, 4) is 0 Å². The molecule has 0 saturated carbocycles. The van der Waals surface area contributed by atoms with Crippen LogP contribution in [0.4, 0.5) is 5.69 Å². The van der Waals surface area contributed by atoms with Crippen LogP contribution in [0.5, 0.6) is 0 Å². The molecule has 1 N–H and O–H groups in total. The summed E-state index contributed by atoms with van der Waals surface area (Å²) < 4.78 is 0. The van der Waals surface area contributed by atoms with Crippen molar-refractivity contribution in [2.75, 3.05) is 0 Å². The van der Waals surface area contributed by atoms with Crippen molar-refractivity contribution in [1.29, 1.82) is 0 Å². The van der Waals surface area contributed by atoms with E-state index in [1.54, 1.807) is 18.3 Å². The zero-order valence-corrected chi connectivity index (χ0v) is 17.5. The van der Waals surface area contributed by atoms with E-state index in [1.807, 2.05) is 24.4 Å². The molecule has 0 atom stereocenters. The van der Waals surface area contributed by atoms with Crippen molar-refractivity contribution in [2.45, 2.75) is 38.5 Å². The fraction of sp³-hybridized carbons (Fsp3) is 0.222. The lowest BCUT2D eigenvalue weighted by Gasteiger charge is -2.02. The Hall–Kier alpha value is -3.53. The average molecular weight is 408 g/mol. The van der Waals surface area contributed by atoms with Crippen LogP contribution in [0.15, 0.2) is 70.8 Å². The number of hydrogen-bond donors (Lipinski definition) is 1. The van der Waals surface area contributed by atoms with Crippen molar-refractivity contribution >= 4 is 24.0 Å². The molecule has 0 bridgehead atoms. The van der Waals surface area contributed by atoms with E-state index in [4.69, 9.17) is 0 Å². The topological polar surface area (TPSA) is 53.8 Å². The molecule has 0 heterocycles. The van der Waals surface area contributed by atoms with Crippen LogP contribution < -0.4 is 5.43 Å². The zero-order valence-electron chi connectivity index (χ0n) is 17.5. The highest BCUT2D eigenvalue weighted by Gasteiger charge is 2.11. The number of carbonyl (C=O) groups excluding carboxylic acids is 1. The van der Waals surface area contributed by atoms with Gasteiger partial charge in [0.05, 0.1) is 11.9 Å². The van der Waals surface area contributed by atoms with E-state index in [-0.39, 0.29) is 5.91 Å². The number of aliphatic imine (C=N–C) groups is 1. The Morgan fingerprint density at radius 3 is 1.94 bits per heavy atom. The molecular formula is C27H25N3O. The maximum Gasteiger partial charge on any atom is 0.271 e. The summed E-state index contributed by atoms with van der Waals surface area (Å²) in [7, 11) is 0. The summed E-state index contributed by atoms with van der Waals surface area (Å²) in [4.78, 5) is 16.9. The number of fused-ring (bicyclic) bond motifs is 2. The molecule has 1 amide bonds. The van der Waals surface area contributed by atoms with Gasteiger partial charge in [-0.3, -0.25) is 9.79 Å². The Balaban J connectivity index is 1.19. The highest BCUT2D eigenvalue weighted by atomic mass is 16.2. The van der Waals surface area contributed by atoms with Gasteiger partial charge in [-0.05, 0) is 108 Å². The second-order valence-corrected chi connectivity index (χ2v) is 8.27. The molecule has 2 aliphatic rings. The van der Waals surface area contributed by atoms with Crippen LogP contribution in [0.3, 0.4) is 0 Å². The van der Waals surface area contributed by atoms with Gasteiger partial charge in [-0.15, -0.1) is 0 Å². The number of carbonyl (C=O) groups is 1. The molecular weight excluding hydrogens is 382 g/mol. The van der Waals surface area contributed by atoms with Crippen molar-refractivity contribution < 1.29 is 4.79 Å². The molecule has 3 aromatic carbocycles. The molecule has 154 valence electrons. The van der Waals surface area contributed by atoms with Gasteiger partial charge in [-0.25, -0.2) is 5.43 Å². The Morgan fingerprint density at radius 1 is 0.710 bits per heavy atom. The standard InChI is InChI=1S/C27H25N3O/c31-27(30-29-18-20-8-10-22-4-2-6-25(22)16-20)23-11-13-26(14-12-23)28-17-19-7-9-21-3-1-5-24(21)15-19/h7-18H,1-6H2,(H,30,31). The molecule has 0 aromatic heterocycles. The Labute approximate surface area is 182 Å². The monoisotopic (exact) mass is 407 g/mol. The van der Waals surface area contributed by atoms with Crippen LogP contribution in [0.1, 0.15) is 56.6 Å². The zero-order chi connectivity index (χ0) is 21.0. The number of rotatable bonds is 5. The SMILES string of the molecule is O=C(NN=Cc1ccc2c(c1)CCC2)c1ccc(N=Cc2ccc3c(c2)CCC3)cc1. The Morgan fingerprint density at radius 2 is 1.29 bits per heavy atom. The molecule has 31 heavy (non-hydrogen) atoms. The molecule has 0 radical (unpaired) electrons. The molecule has 2 aliphatic carbocycles. The van der Waals surface area contributed by atoms with E-state index in [0.717, 1.165) is 36.1 Å². The average Bonchev–Trinajstić information content (AvgIpc) is 3.46. The minimum atomic E-state index is -0.230. The number of amides is 1. The van der Waals surface area contributed by atoms with E-state index >= 15 is 0 Å². The van der Waals surface area contributed by atoms with Crippen molar-refractivity contribution in [1.82, 2.24) is 5.43 Å². The minimum Gasteiger partial charge on any atom is -0.267 e. The number of hydrogen-bond acceptors (Lipinski definition) is 3. The molecule has 0 fully saturated rings. The largest absolute Gasteiger partial charge is 0.271 e. The number of nitrogens with one attached hydrogen (secondary N) is 1. The highest BCUT2D eigenvalue weighted by Crippen LogP contribution is 2.23. The van der Waals surface area contributed by atoms with Gasteiger partial charge in [0.25, 0.3) is 5.91 Å². The Kier molecular flexibility index (Phi) is 5.44. The molecule has 3 aromatic rings. The van der Waals surface area contributed by atoms with E-state index in [1.165, 1.54) is 41.5 Å². The predicted octanol–water partition coefficient (Wildman–Crippen LogP) is 5.18. The summed E-state index contributed by atoms with van der Waals surface area (Å²) in [5.41, 5.74) is 11.8. The summed E-state index contributed by atoms with van der Waals surface area (Å²) in [6.45, 7) is 0. The first-order valence-electron chi connectivity index (χ1n) is 11.0. The van der Waals surface area contributed by atoms with Crippen molar-refractivity contribution in [2.24, 2.45) is 10.1 Å². The van der Waals surface area contributed by atoms with E-state index in [9.17, 15) is 4.79 Å². The summed E-state index contributed by atoms with van der Waals surface area (Å²) in [6, 6.07) is 20.2. The highest BCUT2D eigenvalue weighted by molar-refractivity contribution is 5.95. The van der Waals surface area contributed by atoms with Crippen molar-refractivity contribution in [3.05, 3.63) is 99.6 Å². The number of aryl methyl sites for hydroxylation is 4. The number of benzene rings is 3. The fourth-order valence-electron chi connectivity index (χ4n) is 4.42. The molecule has 0 spiro atoms. The lowest BCUT2D eigenvalue weighted by molar-refractivity contribution is 0.0955. The Bertz CT molecular complexity index is 1180. The number of hydrazone groups is 1. The van der Waals surface area contributed by atoms with Crippen LogP contribution in [0.2, 0.25) is 0 Å². The van der Waals surface area contributed by atoms with Gasteiger partial charge in [0, 0.05) is 11.8 Å². The summed E-state index contributed by atoms with van der Waals surface area (Å²) >= 11 is 0. The van der Waals surface area contributed by atoms with Crippen molar-refractivity contribution in [3.63, 3.8) is 0 Å². The van der Waals surface area contributed by atoms with E-state index in [0.29, 0.717) is 5.56 Å². The molecule has 0 saturated heterocycles. The third-order valence-corrected chi connectivity index (χ3v) is 6.12. The predicted molar refractivity (Wildman–Crippen MR) is 126 cm³/mol. The quantitative estimate of drug-likeness (QED) is 0.460. The first-order valence-corrected chi connectivity index (χ1v) is 11.0. The summed E-state index contributed by atoms with van der Waals surface area (Å²) in [6.07, 6.45) is 10.7. The lowest BCUT2D eigenvalue weighted by atomic mass is 10.1. The van der Waals surface area contributed by atoms with Crippen LogP contribution in [-0.2, 0) is 25.7 Å². The minimum absolute atomic E-state index is 0.230. The first-order chi connectivity index (χ1) is 15.2. The fourth-order valence-corrected chi connectivity index (χ4v) is 4.42. The second-order valence-electron chi connectivity index (χ2n) is 8.27. The number of nitrogens with zero attached hydrogens (tertiary/aromatic N) is 2. The van der Waals surface area contributed by atoms with E-state index in [2.05, 4.69) is 45.9 Å². The third-order valence-electron chi connectivity index (χ3n) is 6.12. The third kappa shape index (κ3) is 4.48. The van der Waals surface area contributed by atoms with Gasteiger partial charge < -0.3 is 0 Å². The summed E-state index contributed by atoms with van der Waals surface area (Å²) in [5, 5.41) is 4.12.